The number of aryl methyl sites for hydroxylation is 2. The molecule has 172 valence electrons. The molecule has 4 rings (SSSR count). The molecule has 1 aliphatic rings. The number of sulfonamides is 1. The van der Waals surface area contributed by atoms with E-state index in [0.717, 1.165) is 22.4 Å². The van der Waals surface area contributed by atoms with Gasteiger partial charge in [-0.05, 0) is 61.4 Å². The lowest BCUT2D eigenvalue weighted by molar-refractivity contribution is 0.102. The summed E-state index contributed by atoms with van der Waals surface area (Å²) in [5.41, 5.74) is 4.53. The van der Waals surface area contributed by atoms with Gasteiger partial charge in [0.05, 0.1) is 4.90 Å². The smallest absolute Gasteiger partial charge is 0.255 e. The first kappa shape index (κ1) is 23.2. The highest BCUT2D eigenvalue weighted by molar-refractivity contribution is 7.89. The zero-order chi connectivity index (χ0) is 23.4. The van der Waals surface area contributed by atoms with Crippen LogP contribution in [0.2, 0.25) is 0 Å². The molecule has 0 aliphatic carbocycles. The van der Waals surface area contributed by atoms with Gasteiger partial charge in [0.25, 0.3) is 5.91 Å². The predicted molar refractivity (Wildman–Crippen MR) is 131 cm³/mol. The van der Waals surface area contributed by atoms with Gasteiger partial charge in [-0.3, -0.25) is 9.69 Å². The maximum atomic E-state index is 12.9. The molecule has 33 heavy (non-hydrogen) atoms. The fourth-order valence-electron chi connectivity index (χ4n) is 3.98. The molecule has 1 amide bonds. The van der Waals surface area contributed by atoms with Crippen LogP contribution in [0, 0.1) is 13.8 Å². The van der Waals surface area contributed by atoms with Gasteiger partial charge in [0.2, 0.25) is 10.0 Å². The highest BCUT2D eigenvalue weighted by Crippen LogP contribution is 2.19. The van der Waals surface area contributed by atoms with Crippen LogP contribution < -0.4 is 5.32 Å². The quantitative estimate of drug-likeness (QED) is 0.599. The number of nitrogens with one attached hydrogen (secondary N) is 1. The third-order valence-corrected chi connectivity index (χ3v) is 7.77. The fourth-order valence-corrected chi connectivity index (χ4v) is 5.40. The highest BCUT2D eigenvalue weighted by atomic mass is 32.2. The van der Waals surface area contributed by atoms with E-state index in [1.165, 1.54) is 0 Å². The van der Waals surface area contributed by atoms with Crippen molar-refractivity contribution in [1.82, 2.24) is 9.21 Å². The van der Waals surface area contributed by atoms with Crippen molar-refractivity contribution >= 4 is 21.6 Å². The lowest BCUT2D eigenvalue weighted by Gasteiger charge is -2.34. The second kappa shape index (κ2) is 9.87. The number of carbonyl (C=O) groups excluding carboxylic acids is 1. The molecule has 1 aliphatic heterocycles. The molecule has 3 aromatic carbocycles. The van der Waals surface area contributed by atoms with Crippen molar-refractivity contribution in [3.8, 4) is 0 Å². The fraction of sp³-hybridized carbons (Fsp3) is 0.269. The summed E-state index contributed by atoms with van der Waals surface area (Å²) < 4.78 is 27.4. The van der Waals surface area contributed by atoms with E-state index in [9.17, 15) is 13.2 Å². The minimum Gasteiger partial charge on any atom is -0.322 e. The summed E-state index contributed by atoms with van der Waals surface area (Å²) in [6, 6.07) is 22.3. The van der Waals surface area contributed by atoms with Crippen LogP contribution in [0.4, 0.5) is 5.69 Å². The molecule has 0 unspecified atom stereocenters. The van der Waals surface area contributed by atoms with Gasteiger partial charge in [0, 0.05) is 44.0 Å². The monoisotopic (exact) mass is 463 g/mol. The van der Waals surface area contributed by atoms with Gasteiger partial charge < -0.3 is 5.32 Å². The molecule has 1 heterocycles. The van der Waals surface area contributed by atoms with Crippen LogP contribution in [0.15, 0.2) is 77.7 Å². The number of carbonyl (C=O) groups is 1. The van der Waals surface area contributed by atoms with Crippen LogP contribution in [0.25, 0.3) is 0 Å². The lowest BCUT2D eigenvalue weighted by atomic mass is 10.1. The second-order valence-electron chi connectivity index (χ2n) is 8.52. The van der Waals surface area contributed by atoms with E-state index in [0.29, 0.717) is 43.2 Å². The normalized spacial score (nSPS) is 15.3. The summed E-state index contributed by atoms with van der Waals surface area (Å²) in [7, 11) is -3.47. The minimum absolute atomic E-state index is 0.142. The van der Waals surface area contributed by atoms with Crippen LogP contribution >= 0.6 is 0 Å². The van der Waals surface area contributed by atoms with E-state index in [-0.39, 0.29) is 5.91 Å². The third kappa shape index (κ3) is 5.68. The van der Waals surface area contributed by atoms with Crippen molar-refractivity contribution in [1.29, 1.82) is 0 Å². The summed E-state index contributed by atoms with van der Waals surface area (Å²) in [6.45, 7) is 6.78. The Labute approximate surface area is 195 Å². The van der Waals surface area contributed by atoms with Crippen molar-refractivity contribution in [2.24, 2.45) is 0 Å². The average Bonchev–Trinajstić information content (AvgIpc) is 2.80. The third-order valence-electron chi connectivity index (χ3n) is 5.86. The van der Waals surface area contributed by atoms with Crippen LogP contribution in [0.1, 0.15) is 27.0 Å². The molecule has 0 spiro atoms. The topological polar surface area (TPSA) is 69.7 Å². The number of anilines is 1. The maximum absolute atomic E-state index is 12.9. The molecule has 7 heteroatoms. The molecular weight excluding hydrogens is 434 g/mol. The summed E-state index contributed by atoms with van der Waals surface area (Å²) in [6.07, 6.45) is 0. The molecule has 0 saturated carbocycles. The van der Waals surface area contributed by atoms with Gasteiger partial charge in [-0.15, -0.1) is 0 Å². The van der Waals surface area contributed by atoms with Crippen molar-refractivity contribution < 1.29 is 13.2 Å². The van der Waals surface area contributed by atoms with Gasteiger partial charge >= 0.3 is 0 Å². The first-order chi connectivity index (χ1) is 15.8. The number of rotatable bonds is 6. The molecule has 1 saturated heterocycles. The van der Waals surface area contributed by atoms with Gasteiger partial charge in [0.15, 0.2) is 0 Å². The van der Waals surface area contributed by atoms with E-state index in [2.05, 4.69) is 10.2 Å². The van der Waals surface area contributed by atoms with E-state index in [1.54, 1.807) is 22.5 Å². The molecule has 0 bridgehead atoms. The number of benzene rings is 3. The molecule has 6 nitrogen and oxygen atoms in total. The number of hydrogen-bond donors (Lipinski definition) is 1. The molecule has 1 N–H and O–H groups in total. The van der Waals surface area contributed by atoms with Crippen molar-refractivity contribution in [3.05, 3.63) is 95.1 Å². The largest absolute Gasteiger partial charge is 0.322 e. The SMILES string of the molecule is Cc1ccc(S(=O)(=O)N2CCN(Cc3cccc(C(=O)Nc4cccc(C)c4)c3)CC2)cc1. The van der Waals surface area contributed by atoms with Crippen molar-refractivity contribution in [2.75, 3.05) is 31.5 Å². The Kier molecular flexibility index (Phi) is 6.93. The summed E-state index contributed by atoms with van der Waals surface area (Å²) >= 11 is 0. The molecule has 0 atom stereocenters. The Bertz CT molecular complexity index is 1230. The Morgan fingerprint density at radius 2 is 1.55 bits per heavy atom. The van der Waals surface area contributed by atoms with Gasteiger partial charge in [-0.1, -0.05) is 42.0 Å². The van der Waals surface area contributed by atoms with E-state index < -0.39 is 10.0 Å². The van der Waals surface area contributed by atoms with E-state index >= 15 is 0 Å². The first-order valence-electron chi connectivity index (χ1n) is 11.1. The van der Waals surface area contributed by atoms with E-state index in [1.807, 2.05) is 68.4 Å². The Hall–Kier alpha value is -3.00. The predicted octanol–water partition coefficient (Wildman–Crippen LogP) is 4.06. The van der Waals surface area contributed by atoms with Crippen molar-refractivity contribution in [3.63, 3.8) is 0 Å². The van der Waals surface area contributed by atoms with Gasteiger partial charge in [-0.2, -0.15) is 4.31 Å². The average molecular weight is 464 g/mol. The van der Waals surface area contributed by atoms with Crippen molar-refractivity contribution in [2.45, 2.75) is 25.3 Å². The van der Waals surface area contributed by atoms with E-state index in [4.69, 9.17) is 0 Å². The van der Waals surface area contributed by atoms with Crippen LogP contribution in [0.3, 0.4) is 0 Å². The number of piperazine rings is 1. The summed E-state index contributed by atoms with van der Waals surface area (Å²) in [4.78, 5) is 15.2. The van der Waals surface area contributed by atoms with Crippen LogP contribution in [-0.2, 0) is 16.6 Å². The Morgan fingerprint density at radius 1 is 0.848 bits per heavy atom. The zero-order valence-electron chi connectivity index (χ0n) is 19.0. The molecule has 3 aromatic rings. The van der Waals surface area contributed by atoms with Crippen LogP contribution in [0.5, 0.6) is 0 Å². The summed E-state index contributed by atoms with van der Waals surface area (Å²) in [5.74, 6) is -0.142. The first-order valence-corrected chi connectivity index (χ1v) is 12.5. The Balaban J connectivity index is 1.36. The molecule has 1 fully saturated rings. The van der Waals surface area contributed by atoms with Crippen LogP contribution in [-0.4, -0.2) is 49.7 Å². The Morgan fingerprint density at radius 3 is 2.24 bits per heavy atom. The minimum atomic E-state index is -3.47. The lowest BCUT2D eigenvalue weighted by Crippen LogP contribution is -2.48. The maximum Gasteiger partial charge on any atom is 0.255 e. The summed E-state index contributed by atoms with van der Waals surface area (Å²) in [5, 5.41) is 2.95. The highest BCUT2D eigenvalue weighted by Gasteiger charge is 2.28. The molecule has 0 aromatic heterocycles. The van der Waals surface area contributed by atoms with Gasteiger partial charge in [0.1, 0.15) is 0 Å². The standard InChI is InChI=1S/C26H29N3O3S/c1-20-9-11-25(12-10-20)33(31,32)29-15-13-28(14-16-29)19-22-6-4-7-23(18-22)26(30)27-24-8-3-5-21(2)17-24/h3-12,17-18H,13-16,19H2,1-2H3,(H,27,30). The number of nitrogens with zero attached hydrogens (tertiary/aromatic N) is 2. The van der Waals surface area contributed by atoms with Gasteiger partial charge in [-0.25, -0.2) is 8.42 Å². The second-order valence-corrected chi connectivity index (χ2v) is 10.5. The zero-order valence-corrected chi connectivity index (χ0v) is 19.8. The number of hydrogen-bond acceptors (Lipinski definition) is 4. The molecular formula is C26H29N3O3S. The number of amides is 1. The molecule has 0 radical (unpaired) electrons.